The number of furan rings is 1. The molecule has 1 atom stereocenters. The van der Waals surface area contributed by atoms with Crippen molar-refractivity contribution in [2.75, 3.05) is 26.8 Å². The molecular formula is C18H21N3O7S. The van der Waals surface area contributed by atoms with Crippen molar-refractivity contribution in [1.82, 2.24) is 14.9 Å². The number of hydrogen-bond acceptors (Lipinski definition) is 7. The van der Waals surface area contributed by atoms with Gasteiger partial charge in [-0.05, 0) is 36.4 Å². The second kappa shape index (κ2) is 9.07. The average Bonchev–Trinajstić information content (AvgIpc) is 3.42. The van der Waals surface area contributed by atoms with Crippen molar-refractivity contribution < 1.29 is 31.9 Å². The van der Waals surface area contributed by atoms with Gasteiger partial charge in [0.15, 0.2) is 0 Å². The van der Waals surface area contributed by atoms with Crippen molar-refractivity contribution in [3.8, 4) is 5.75 Å². The van der Waals surface area contributed by atoms with Gasteiger partial charge in [0.25, 0.3) is 0 Å². The molecule has 1 saturated heterocycles. The fourth-order valence-electron chi connectivity index (χ4n) is 2.75. The van der Waals surface area contributed by atoms with E-state index >= 15 is 0 Å². The summed E-state index contributed by atoms with van der Waals surface area (Å²) >= 11 is 0. The van der Waals surface area contributed by atoms with Crippen LogP contribution in [0.25, 0.3) is 0 Å². The Balaban J connectivity index is 1.57. The standard InChI is InChI=1S/C18H21N3O7S/c1-26-13-4-6-15(7-5-13)29(24,25)21-8-10-28-16(21)12-20-18(23)17(22)19-11-14-3-2-9-27-14/h2-7,9,16H,8,10-12H2,1H3,(H,19,22)(H,20,23)/t16-/m0/s1. The van der Waals surface area contributed by atoms with E-state index in [1.807, 2.05) is 0 Å². The van der Waals surface area contributed by atoms with Gasteiger partial charge >= 0.3 is 11.8 Å². The van der Waals surface area contributed by atoms with E-state index in [-0.39, 0.29) is 31.1 Å². The Bertz CT molecular complexity index is 942. The molecule has 11 heteroatoms. The van der Waals surface area contributed by atoms with E-state index in [9.17, 15) is 18.0 Å². The molecule has 2 N–H and O–H groups in total. The van der Waals surface area contributed by atoms with Crippen molar-refractivity contribution in [1.29, 1.82) is 0 Å². The Morgan fingerprint density at radius 3 is 2.55 bits per heavy atom. The number of hydrogen-bond donors (Lipinski definition) is 2. The first kappa shape index (κ1) is 20.8. The summed E-state index contributed by atoms with van der Waals surface area (Å²) in [5, 5.41) is 4.80. The molecule has 2 heterocycles. The lowest BCUT2D eigenvalue weighted by Gasteiger charge is -2.22. The van der Waals surface area contributed by atoms with Crippen LogP contribution in [0.15, 0.2) is 52.0 Å². The number of nitrogens with one attached hydrogen (secondary N) is 2. The van der Waals surface area contributed by atoms with Crippen LogP contribution < -0.4 is 15.4 Å². The van der Waals surface area contributed by atoms with Crippen molar-refractivity contribution in [2.45, 2.75) is 17.7 Å². The predicted octanol–water partition coefficient (Wildman–Crippen LogP) is 0.0678. The molecule has 2 amide bonds. The lowest BCUT2D eigenvalue weighted by atomic mass is 10.3. The van der Waals surface area contributed by atoms with Crippen LogP contribution in [-0.4, -0.2) is 57.6 Å². The van der Waals surface area contributed by atoms with E-state index in [1.165, 1.54) is 25.5 Å². The number of ether oxygens (including phenoxy) is 2. The molecule has 2 aromatic rings. The second-order valence-corrected chi connectivity index (χ2v) is 7.98. The van der Waals surface area contributed by atoms with Gasteiger partial charge in [0.05, 0.1) is 38.0 Å². The molecule has 0 saturated carbocycles. The number of carbonyl (C=O) groups is 2. The minimum atomic E-state index is -3.83. The highest BCUT2D eigenvalue weighted by Gasteiger charge is 2.36. The fraction of sp³-hybridized carbons (Fsp3) is 0.333. The van der Waals surface area contributed by atoms with E-state index in [2.05, 4.69) is 10.6 Å². The minimum absolute atomic E-state index is 0.0666. The summed E-state index contributed by atoms with van der Waals surface area (Å²) < 4.78 is 42.4. The molecule has 1 aromatic heterocycles. The Kier molecular flexibility index (Phi) is 6.52. The smallest absolute Gasteiger partial charge is 0.309 e. The van der Waals surface area contributed by atoms with E-state index in [0.717, 1.165) is 4.31 Å². The summed E-state index contributed by atoms with van der Waals surface area (Å²) in [5.41, 5.74) is 0. The molecule has 0 spiro atoms. The zero-order valence-electron chi connectivity index (χ0n) is 15.7. The maximum absolute atomic E-state index is 12.9. The average molecular weight is 423 g/mol. The number of rotatable bonds is 7. The summed E-state index contributed by atoms with van der Waals surface area (Å²) in [6.45, 7) is 0.222. The molecule has 0 radical (unpaired) electrons. The third-order valence-electron chi connectivity index (χ3n) is 4.26. The molecule has 10 nitrogen and oxygen atoms in total. The highest BCUT2D eigenvalue weighted by molar-refractivity contribution is 7.89. The molecule has 0 bridgehead atoms. The summed E-state index contributed by atoms with van der Waals surface area (Å²) in [6, 6.07) is 9.28. The van der Waals surface area contributed by atoms with Crippen LogP contribution >= 0.6 is 0 Å². The third-order valence-corrected chi connectivity index (χ3v) is 6.16. The van der Waals surface area contributed by atoms with E-state index in [1.54, 1.807) is 24.3 Å². The number of methoxy groups -OCH3 is 1. The maximum atomic E-state index is 12.9. The van der Waals surface area contributed by atoms with Crippen molar-refractivity contribution in [3.63, 3.8) is 0 Å². The van der Waals surface area contributed by atoms with Crippen LogP contribution in [0.4, 0.5) is 0 Å². The molecule has 1 fully saturated rings. The molecule has 1 aliphatic heterocycles. The highest BCUT2D eigenvalue weighted by atomic mass is 32.2. The van der Waals surface area contributed by atoms with Gasteiger partial charge in [0.2, 0.25) is 10.0 Å². The Morgan fingerprint density at radius 1 is 1.17 bits per heavy atom. The lowest BCUT2D eigenvalue weighted by molar-refractivity contribution is -0.139. The zero-order valence-corrected chi connectivity index (χ0v) is 16.5. The first-order chi connectivity index (χ1) is 13.9. The predicted molar refractivity (Wildman–Crippen MR) is 100 cm³/mol. The number of amides is 2. The summed E-state index contributed by atoms with van der Waals surface area (Å²) in [7, 11) is -2.34. The van der Waals surface area contributed by atoms with Crippen LogP contribution in [-0.2, 0) is 30.9 Å². The van der Waals surface area contributed by atoms with Crippen LogP contribution in [0.2, 0.25) is 0 Å². The molecule has 1 aliphatic rings. The molecule has 0 aliphatic carbocycles. The Labute approximate surface area is 167 Å². The number of sulfonamides is 1. The molecule has 0 unspecified atom stereocenters. The maximum Gasteiger partial charge on any atom is 0.309 e. The monoisotopic (exact) mass is 423 g/mol. The van der Waals surface area contributed by atoms with E-state index in [0.29, 0.717) is 11.5 Å². The van der Waals surface area contributed by atoms with Gasteiger partial charge in [0.1, 0.15) is 17.7 Å². The van der Waals surface area contributed by atoms with Gasteiger partial charge in [-0.1, -0.05) is 0 Å². The van der Waals surface area contributed by atoms with Gasteiger partial charge in [0, 0.05) is 6.54 Å². The largest absolute Gasteiger partial charge is 0.497 e. The highest BCUT2D eigenvalue weighted by Crippen LogP contribution is 2.23. The molecule has 3 rings (SSSR count). The Hall–Kier alpha value is -2.89. The van der Waals surface area contributed by atoms with Crippen molar-refractivity contribution in [3.05, 3.63) is 48.4 Å². The second-order valence-electron chi connectivity index (χ2n) is 6.09. The fourth-order valence-corrected chi connectivity index (χ4v) is 4.26. The topological polar surface area (TPSA) is 127 Å². The first-order valence-electron chi connectivity index (χ1n) is 8.77. The summed E-state index contributed by atoms with van der Waals surface area (Å²) in [6.07, 6.45) is 0.542. The van der Waals surface area contributed by atoms with Gasteiger partial charge in [-0.3, -0.25) is 9.59 Å². The zero-order chi connectivity index (χ0) is 20.9. The van der Waals surface area contributed by atoms with Gasteiger partial charge < -0.3 is 24.5 Å². The number of carbonyl (C=O) groups excluding carboxylic acids is 2. The van der Waals surface area contributed by atoms with Gasteiger partial charge in [-0.15, -0.1) is 0 Å². The minimum Gasteiger partial charge on any atom is -0.497 e. The Morgan fingerprint density at radius 2 is 1.90 bits per heavy atom. The quantitative estimate of drug-likeness (QED) is 0.603. The van der Waals surface area contributed by atoms with Gasteiger partial charge in [-0.2, -0.15) is 4.31 Å². The SMILES string of the molecule is COc1ccc(S(=O)(=O)N2CCO[C@H]2CNC(=O)C(=O)NCc2ccco2)cc1. The molecule has 29 heavy (non-hydrogen) atoms. The van der Waals surface area contributed by atoms with Gasteiger partial charge in [-0.25, -0.2) is 8.42 Å². The number of benzene rings is 1. The summed E-state index contributed by atoms with van der Waals surface area (Å²) in [4.78, 5) is 23.9. The number of nitrogens with zero attached hydrogens (tertiary/aromatic N) is 1. The lowest BCUT2D eigenvalue weighted by Crippen LogP contribution is -2.47. The van der Waals surface area contributed by atoms with Crippen LogP contribution in [0, 0.1) is 0 Å². The van der Waals surface area contributed by atoms with Crippen LogP contribution in [0.3, 0.4) is 0 Å². The van der Waals surface area contributed by atoms with E-state index in [4.69, 9.17) is 13.9 Å². The molecule has 156 valence electrons. The van der Waals surface area contributed by atoms with E-state index < -0.39 is 28.1 Å². The van der Waals surface area contributed by atoms with Crippen molar-refractivity contribution >= 4 is 21.8 Å². The van der Waals surface area contributed by atoms with Crippen LogP contribution in [0.1, 0.15) is 5.76 Å². The molecule has 1 aromatic carbocycles. The van der Waals surface area contributed by atoms with Crippen LogP contribution in [0.5, 0.6) is 5.75 Å². The summed E-state index contributed by atoms with van der Waals surface area (Å²) in [5.74, 6) is -0.717. The normalized spacial score (nSPS) is 17.1. The molecular weight excluding hydrogens is 402 g/mol. The first-order valence-corrected chi connectivity index (χ1v) is 10.2. The third kappa shape index (κ3) is 4.94. The van der Waals surface area contributed by atoms with Crippen molar-refractivity contribution in [2.24, 2.45) is 0 Å².